The molecule has 0 spiro atoms. The lowest BCUT2D eigenvalue weighted by Crippen LogP contribution is -2.47. The van der Waals surface area contributed by atoms with Gasteiger partial charge in [0, 0.05) is 6.54 Å². The average molecular weight is 222 g/mol. The van der Waals surface area contributed by atoms with Gasteiger partial charge in [-0.15, -0.1) is 0 Å². The standard InChI is InChI=1S/C7H14N2O4S/c8-14(12,13)9-5-3-1-2-4-6(9)7(10)11/h6H,1-5H2,(H,10,11)(H2,8,12,13). The molecular weight excluding hydrogens is 208 g/mol. The van der Waals surface area contributed by atoms with Gasteiger partial charge in [-0.2, -0.15) is 12.7 Å². The quantitative estimate of drug-likeness (QED) is 0.658. The predicted octanol–water partition coefficient (Wildman–Crippen LogP) is -0.481. The van der Waals surface area contributed by atoms with E-state index in [1.54, 1.807) is 0 Å². The molecule has 0 aromatic carbocycles. The summed E-state index contributed by atoms with van der Waals surface area (Å²) in [6.45, 7) is 0.204. The van der Waals surface area contributed by atoms with Crippen LogP contribution in [-0.2, 0) is 15.0 Å². The van der Waals surface area contributed by atoms with E-state index in [-0.39, 0.29) is 6.54 Å². The molecule has 1 unspecified atom stereocenters. The molecule has 0 amide bonds. The molecule has 0 aromatic heterocycles. The van der Waals surface area contributed by atoms with Crippen LogP contribution in [0.1, 0.15) is 25.7 Å². The fraction of sp³-hybridized carbons (Fsp3) is 0.857. The number of hydrogen-bond donors (Lipinski definition) is 2. The smallest absolute Gasteiger partial charge is 0.322 e. The molecule has 0 aromatic rings. The lowest BCUT2D eigenvalue weighted by molar-refractivity contribution is -0.141. The summed E-state index contributed by atoms with van der Waals surface area (Å²) < 4.78 is 23.1. The normalized spacial score (nSPS) is 25.6. The summed E-state index contributed by atoms with van der Waals surface area (Å²) in [5.41, 5.74) is 0. The van der Waals surface area contributed by atoms with Crippen molar-refractivity contribution in [3.63, 3.8) is 0 Å². The van der Waals surface area contributed by atoms with E-state index in [0.29, 0.717) is 12.8 Å². The van der Waals surface area contributed by atoms with Crippen LogP contribution in [0.3, 0.4) is 0 Å². The third-order valence-corrected chi connectivity index (χ3v) is 3.41. The third kappa shape index (κ3) is 2.66. The first-order valence-corrected chi connectivity index (χ1v) is 5.95. The predicted molar refractivity (Wildman–Crippen MR) is 49.7 cm³/mol. The number of aliphatic carboxylic acids is 1. The van der Waals surface area contributed by atoms with Crippen LogP contribution in [0.25, 0.3) is 0 Å². The molecule has 82 valence electrons. The van der Waals surface area contributed by atoms with Crippen molar-refractivity contribution in [2.45, 2.75) is 31.7 Å². The zero-order valence-corrected chi connectivity index (χ0v) is 8.53. The molecule has 1 rings (SSSR count). The zero-order valence-electron chi connectivity index (χ0n) is 7.72. The number of nitrogens with two attached hydrogens (primary N) is 1. The van der Waals surface area contributed by atoms with Gasteiger partial charge in [-0.1, -0.05) is 12.8 Å². The van der Waals surface area contributed by atoms with Gasteiger partial charge in [-0.25, -0.2) is 5.14 Å². The van der Waals surface area contributed by atoms with Gasteiger partial charge < -0.3 is 5.11 Å². The highest BCUT2D eigenvalue weighted by molar-refractivity contribution is 7.86. The van der Waals surface area contributed by atoms with E-state index in [4.69, 9.17) is 10.2 Å². The van der Waals surface area contributed by atoms with Gasteiger partial charge in [0.2, 0.25) is 0 Å². The number of rotatable bonds is 2. The highest BCUT2D eigenvalue weighted by atomic mass is 32.2. The van der Waals surface area contributed by atoms with E-state index in [9.17, 15) is 13.2 Å². The lowest BCUT2D eigenvalue weighted by atomic mass is 10.1. The van der Waals surface area contributed by atoms with Gasteiger partial charge >= 0.3 is 5.97 Å². The summed E-state index contributed by atoms with van der Waals surface area (Å²) in [4.78, 5) is 10.8. The molecule has 0 aliphatic carbocycles. The molecule has 1 aliphatic rings. The zero-order chi connectivity index (χ0) is 10.8. The Hall–Kier alpha value is -0.660. The van der Waals surface area contributed by atoms with E-state index in [2.05, 4.69) is 0 Å². The first-order valence-electron chi connectivity index (χ1n) is 4.45. The molecule has 6 nitrogen and oxygen atoms in total. The van der Waals surface area contributed by atoms with Crippen molar-refractivity contribution < 1.29 is 18.3 Å². The number of carboxylic acid groups (broad SMARTS) is 1. The van der Waals surface area contributed by atoms with E-state index < -0.39 is 22.2 Å². The van der Waals surface area contributed by atoms with Crippen LogP contribution in [0.2, 0.25) is 0 Å². The Balaban J connectivity index is 2.91. The van der Waals surface area contributed by atoms with E-state index in [1.165, 1.54) is 0 Å². The van der Waals surface area contributed by atoms with Crippen molar-refractivity contribution in [1.82, 2.24) is 4.31 Å². The van der Waals surface area contributed by atoms with Gasteiger partial charge in [0.05, 0.1) is 0 Å². The molecule has 1 aliphatic heterocycles. The highest BCUT2D eigenvalue weighted by Crippen LogP contribution is 2.18. The second-order valence-corrected chi connectivity index (χ2v) is 4.86. The summed E-state index contributed by atoms with van der Waals surface area (Å²) >= 11 is 0. The van der Waals surface area contributed by atoms with Crippen LogP contribution in [0.15, 0.2) is 0 Å². The molecule has 0 saturated carbocycles. The maximum Gasteiger partial charge on any atom is 0.322 e. The second-order valence-electron chi connectivity index (χ2n) is 3.36. The topological polar surface area (TPSA) is 101 Å². The summed E-state index contributed by atoms with van der Waals surface area (Å²) in [7, 11) is -3.89. The number of hydrogen-bond acceptors (Lipinski definition) is 3. The highest BCUT2D eigenvalue weighted by Gasteiger charge is 2.33. The Morgan fingerprint density at radius 2 is 2.00 bits per heavy atom. The largest absolute Gasteiger partial charge is 0.480 e. The van der Waals surface area contributed by atoms with Crippen molar-refractivity contribution >= 4 is 16.2 Å². The molecule has 0 radical (unpaired) electrons. The molecular formula is C7H14N2O4S. The Morgan fingerprint density at radius 3 is 2.50 bits per heavy atom. The minimum absolute atomic E-state index is 0.204. The first kappa shape index (κ1) is 11.4. The van der Waals surface area contributed by atoms with Crippen molar-refractivity contribution in [2.24, 2.45) is 5.14 Å². The second kappa shape index (κ2) is 4.24. The van der Waals surface area contributed by atoms with Gasteiger partial charge in [0.1, 0.15) is 6.04 Å². The van der Waals surface area contributed by atoms with E-state index in [1.807, 2.05) is 0 Å². The summed E-state index contributed by atoms with van der Waals surface area (Å²) in [6.07, 6.45) is 2.57. The fourth-order valence-corrected chi connectivity index (χ4v) is 2.57. The first-order chi connectivity index (χ1) is 6.43. The molecule has 1 fully saturated rings. The third-order valence-electron chi connectivity index (χ3n) is 2.32. The summed E-state index contributed by atoms with van der Waals surface area (Å²) in [5, 5.41) is 13.8. The van der Waals surface area contributed by atoms with Gasteiger partial charge in [-0.05, 0) is 12.8 Å². The maximum absolute atomic E-state index is 11.1. The van der Waals surface area contributed by atoms with Crippen LogP contribution in [-0.4, -0.2) is 36.4 Å². The number of carbonyl (C=O) groups is 1. The fourth-order valence-electron chi connectivity index (χ4n) is 1.63. The van der Waals surface area contributed by atoms with Gasteiger partial charge in [0.15, 0.2) is 0 Å². The van der Waals surface area contributed by atoms with E-state index in [0.717, 1.165) is 17.1 Å². The van der Waals surface area contributed by atoms with E-state index >= 15 is 0 Å². The molecule has 0 bridgehead atoms. The molecule has 14 heavy (non-hydrogen) atoms. The van der Waals surface area contributed by atoms with Crippen molar-refractivity contribution in [3.8, 4) is 0 Å². The minimum Gasteiger partial charge on any atom is -0.480 e. The SMILES string of the molecule is NS(=O)(=O)N1CCCCCC1C(=O)O. The van der Waals surface area contributed by atoms with Crippen LogP contribution in [0.4, 0.5) is 0 Å². The Kier molecular flexibility index (Phi) is 3.46. The van der Waals surface area contributed by atoms with Crippen LogP contribution in [0.5, 0.6) is 0 Å². The van der Waals surface area contributed by atoms with Crippen LogP contribution < -0.4 is 5.14 Å². The molecule has 1 atom stereocenters. The summed E-state index contributed by atoms with van der Waals surface area (Å²) in [5.74, 6) is -1.12. The van der Waals surface area contributed by atoms with Crippen molar-refractivity contribution in [1.29, 1.82) is 0 Å². The van der Waals surface area contributed by atoms with Crippen LogP contribution in [0, 0.1) is 0 Å². The van der Waals surface area contributed by atoms with Gasteiger partial charge in [0.25, 0.3) is 10.2 Å². The molecule has 7 heteroatoms. The van der Waals surface area contributed by atoms with Crippen LogP contribution >= 0.6 is 0 Å². The Labute approximate surface area is 82.9 Å². The number of nitrogens with zero attached hydrogens (tertiary/aromatic N) is 1. The summed E-state index contributed by atoms with van der Waals surface area (Å²) in [6, 6.07) is -0.993. The maximum atomic E-state index is 11.1. The molecule has 3 N–H and O–H groups in total. The van der Waals surface area contributed by atoms with Crippen molar-refractivity contribution in [2.75, 3.05) is 6.54 Å². The van der Waals surface area contributed by atoms with Gasteiger partial charge in [-0.3, -0.25) is 4.79 Å². The minimum atomic E-state index is -3.89. The molecule has 1 saturated heterocycles. The Morgan fingerprint density at radius 1 is 1.36 bits per heavy atom. The Bertz CT molecular complexity index is 314. The average Bonchev–Trinajstić information content (AvgIpc) is 2.26. The number of carboxylic acids is 1. The molecule has 1 heterocycles. The lowest BCUT2D eigenvalue weighted by Gasteiger charge is -2.23. The monoisotopic (exact) mass is 222 g/mol. The van der Waals surface area contributed by atoms with Crippen molar-refractivity contribution in [3.05, 3.63) is 0 Å².